The molecule has 0 aromatic heterocycles. The van der Waals surface area contributed by atoms with Crippen molar-refractivity contribution in [1.29, 1.82) is 0 Å². The summed E-state index contributed by atoms with van der Waals surface area (Å²) in [6.45, 7) is 6.70. The van der Waals surface area contributed by atoms with Gasteiger partial charge in [0.25, 0.3) is 11.1 Å². The highest BCUT2D eigenvalue weighted by Crippen LogP contribution is 2.34. The van der Waals surface area contributed by atoms with Crippen molar-refractivity contribution < 1.29 is 18.7 Å². The Kier molecular flexibility index (Phi) is 6.49. The Morgan fingerprint density at radius 3 is 2.63 bits per heavy atom. The quantitative estimate of drug-likeness (QED) is 0.368. The molecule has 0 saturated carbocycles. The van der Waals surface area contributed by atoms with Gasteiger partial charge in [-0.05, 0) is 53.2 Å². The highest BCUT2D eigenvalue weighted by Gasteiger charge is 2.35. The third-order valence-electron chi connectivity index (χ3n) is 4.20. The molecule has 2 aromatic carbocycles. The van der Waals surface area contributed by atoms with Crippen molar-refractivity contribution >= 4 is 37.1 Å². The summed E-state index contributed by atoms with van der Waals surface area (Å²) in [7, 11) is -0.122. The third kappa shape index (κ3) is 5.41. The number of hydrogen-bond acceptors (Lipinski definition) is 4. The molecule has 0 aliphatic carbocycles. The zero-order valence-corrected chi connectivity index (χ0v) is 19.1. The molecule has 30 heavy (non-hydrogen) atoms. The first-order chi connectivity index (χ1) is 14.2. The fraction of sp³-hybridized carbons (Fsp3) is 0.217. The first kappa shape index (κ1) is 21.9. The smallest absolute Gasteiger partial charge is 0.293 e. The van der Waals surface area contributed by atoms with Crippen LogP contribution in [0.2, 0.25) is 19.6 Å². The number of nitrogens with zero attached hydrogens (tertiary/aromatic N) is 1. The van der Waals surface area contributed by atoms with Crippen LogP contribution in [0.5, 0.6) is 5.75 Å². The van der Waals surface area contributed by atoms with Crippen molar-refractivity contribution in [2.45, 2.75) is 26.2 Å². The van der Waals surface area contributed by atoms with Crippen molar-refractivity contribution in [3.8, 4) is 17.2 Å². The van der Waals surface area contributed by atoms with E-state index in [0.717, 1.165) is 22.9 Å². The Morgan fingerprint density at radius 1 is 1.17 bits per heavy atom. The zero-order valence-electron chi connectivity index (χ0n) is 17.3. The molecule has 1 aliphatic heterocycles. The largest absolute Gasteiger partial charge is 0.494 e. The molecule has 0 atom stereocenters. The van der Waals surface area contributed by atoms with Crippen LogP contribution in [0.15, 0.2) is 47.4 Å². The second kappa shape index (κ2) is 8.90. The van der Waals surface area contributed by atoms with E-state index >= 15 is 0 Å². The molecule has 1 fully saturated rings. The summed E-state index contributed by atoms with van der Waals surface area (Å²) in [6, 6.07) is 11.9. The predicted octanol–water partition coefficient (Wildman–Crippen LogP) is 5.30. The Morgan fingerprint density at radius 2 is 1.93 bits per heavy atom. The number of thioether (sulfide) groups is 1. The van der Waals surface area contributed by atoms with Crippen LogP contribution in [-0.4, -0.2) is 31.2 Å². The van der Waals surface area contributed by atoms with Crippen LogP contribution < -0.4 is 4.74 Å². The zero-order chi connectivity index (χ0) is 21.9. The molecular weight excluding hydrogens is 417 g/mol. The molecule has 7 heteroatoms. The van der Waals surface area contributed by atoms with Gasteiger partial charge in [0.15, 0.2) is 11.6 Å². The van der Waals surface area contributed by atoms with E-state index in [-0.39, 0.29) is 23.4 Å². The number of rotatable bonds is 4. The van der Waals surface area contributed by atoms with Crippen LogP contribution >= 0.6 is 11.8 Å². The molecule has 1 aliphatic rings. The van der Waals surface area contributed by atoms with Crippen LogP contribution in [0, 0.1) is 17.3 Å². The van der Waals surface area contributed by atoms with E-state index in [1.807, 2.05) is 24.3 Å². The highest BCUT2D eigenvalue weighted by atomic mass is 32.2. The van der Waals surface area contributed by atoms with E-state index in [0.29, 0.717) is 10.5 Å². The van der Waals surface area contributed by atoms with Crippen LogP contribution in [0.1, 0.15) is 16.7 Å². The van der Waals surface area contributed by atoms with Gasteiger partial charge in [-0.15, -0.1) is 5.54 Å². The first-order valence-corrected chi connectivity index (χ1v) is 13.7. The Hall–Kier alpha value is -2.82. The lowest BCUT2D eigenvalue weighted by molar-refractivity contribution is -0.123. The Balaban J connectivity index is 1.80. The summed E-state index contributed by atoms with van der Waals surface area (Å²) in [4.78, 5) is 26.7. The third-order valence-corrected chi connectivity index (χ3v) is 5.98. The summed E-state index contributed by atoms with van der Waals surface area (Å²) in [5.41, 5.74) is 5.61. The summed E-state index contributed by atoms with van der Waals surface area (Å²) >= 11 is 0.873. The number of benzene rings is 2. The summed E-state index contributed by atoms with van der Waals surface area (Å²) in [5, 5.41) is -0.334. The predicted molar refractivity (Wildman–Crippen MR) is 121 cm³/mol. The van der Waals surface area contributed by atoms with Gasteiger partial charge in [0.2, 0.25) is 0 Å². The highest BCUT2D eigenvalue weighted by molar-refractivity contribution is 8.18. The van der Waals surface area contributed by atoms with Gasteiger partial charge >= 0.3 is 0 Å². The van der Waals surface area contributed by atoms with Crippen molar-refractivity contribution in [3.63, 3.8) is 0 Å². The van der Waals surface area contributed by atoms with Gasteiger partial charge in [0.1, 0.15) is 8.07 Å². The maximum atomic E-state index is 13.6. The molecule has 3 rings (SSSR count). The molecule has 0 spiro atoms. The lowest BCUT2D eigenvalue weighted by Crippen LogP contribution is -2.27. The van der Waals surface area contributed by atoms with Crippen molar-refractivity contribution in [1.82, 2.24) is 4.90 Å². The maximum Gasteiger partial charge on any atom is 0.293 e. The number of halogens is 1. The maximum absolute atomic E-state index is 13.6. The average Bonchev–Trinajstić information content (AvgIpc) is 2.95. The lowest BCUT2D eigenvalue weighted by atomic mass is 10.1. The standard InChI is InChI=1S/C23H22FNO3SSi/c1-28-20-13-17(8-9-19(20)24)14-21-22(26)25(23(27)29-21)15-18-7-5-6-16(12-18)10-11-30(2,3)4/h5-9,12-14H,15H2,1-4H3. The molecule has 4 nitrogen and oxygen atoms in total. The van der Waals surface area contributed by atoms with E-state index < -0.39 is 13.9 Å². The SMILES string of the molecule is COc1cc(C=C2SC(=O)N(Cc3cccc(C#C[Si](C)(C)C)c3)C2=O)ccc1F. The lowest BCUT2D eigenvalue weighted by Gasteiger charge is -2.12. The minimum Gasteiger partial charge on any atom is -0.494 e. The molecule has 0 unspecified atom stereocenters. The van der Waals surface area contributed by atoms with Gasteiger partial charge in [0, 0.05) is 5.56 Å². The molecule has 0 N–H and O–H groups in total. The van der Waals surface area contributed by atoms with Crippen molar-refractivity contribution in [2.24, 2.45) is 0 Å². The van der Waals surface area contributed by atoms with E-state index in [2.05, 4.69) is 31.1 Å². The second-order valence-corrected chi connectivity index (χ2v) is 13.6. The van der Waals surface area contributed by atoms with Crippen LogP contribution in [0.4, 0.5) is 9.18 Å². The Labute approximate surface area is 181 Å². The van der Waals surface area contributed by atoms with E-state index in [9.17, 15) is 14.0 Å². The number of amides is 2. The molecule has 0 bridgehead atoms. The number of hydrogen-bond donors (Lipinski definition) is 0. The number of carbonyl (C=O) groups is 2. The number of methoxy groups -OCH3 is 1. The normalized spacial score (nSPS) is 15.4. The minimum atomic E-state index is -1.49. The molecule has 1 saturated heterocycles. The number of carbonyl (C=O) groups excluding carboxylic acids is 2. The fourth-order valence-electron chi connectivity index (χ4n) is 2.74. The molecule has 0 radical (unpaired) electrons. The van der Waals surface area contributed by atoms with Crippen molar-refractivity contribution in [2.75, 3.05) is 7.11 Å². The van der Waals surface area contributed by atoms with Gasteiger partial charge < -0.3 is 4.74 Å². The Bertz CT molecular complexity index is 1100. The van der Waals surface area contributed by atoms with Gasteiger partial charge in [-0.2, -0.15) is 0 Å². The van der Waals surface area contributed by atoms with Crippen LogP contribution in [0.3, 0.4) is 0 Å². The number of imide groups is 1. The van der Waals surface area contributed by atoms with E-state index in [1.54, 1.807) is 6.08 Å². The van der Waals surface area contributed by atoms with Gasteiger partial charge in [-0.25, -0.2) is 4.39 Å². The topological polar surface area (TPSA) is 46.6 Å². The van der Waals surface area contributed by atoms with Gasteiger partial charge in [-0.1, -0.05) is 43.8 Å². The van der Waals surface area contributed by atoms with Gasteiger partial charge in [-0.3, -0.25) is 14.5 Å². The summed E-state index contributed by atoms with van der Waals surface area (Å²) in [5.74, 6) is 2.42. The summed E-state index contributed by atoms with van der Waals surface area (Å²) < 4.78 is 18.6. The van der Waals surface area contributed by atoms with Crippen LogP contribution in [-0.2, 0) is 11.3 Å². The minimum absolute atomic E-state index is 0.0826. The first-order valence-electron chi connectivity index (χ1n) is 9.37. The van der Waals surface area contributed by atoms with Crippen LogP contribution in [0.25, 0.3) is 6.08 Å². The fourth-order valence-corrected chi connectivity index (χ4v) is 4.10. The molecule has 1 heterocycles. The molecule has 154 valence electrons. The molecule has 2 amide bonds. The van der Waals surface area contributed by atoms with Crippen molar-refractivity contribution in [3.05, 3.63) is 69.9 Å². The summed E-state index contributed by atoms with van der Waals surface area (Å²) in [6.07, 6.45) is 1.57. The molecular formula is C23H22FNO3SSi. The average molecular weight is 440 g/mol. The molecule has 2 aromatic rings. The second-order valence-electron chi connectivity index (χ2n) is 7.86. The van der Waals surface area contributed by atoms with E-state index in [4.69, 9.17) is 4.74 Å². The number of ether oxygens (including phenoxy) is 1. The monoisotopic (exact) mass is 439 g/mol. The van der Waals surface area contributed by atoms with Gasteiger partial charge in [0.05, 0.1) is 18.6 Å². The van der Waals surface area contributed by atoms with E-state index in [1.165, 1.54) is 30.2 Å².